The smallest absolute Gasteiger partial charge is 0.338 e. The Kier molecular flexibility index (Phi) is 5.85. The topological polar surface area (TPSA) is 126 Å². The molecule has 4 rings (SSSR count). The number of aromatic nitrogens is 6. The molecule has 0 atom stereocenters. The third-order valence-corrected chi connectivity index (χ3v) is 5.07. The molecule has 32 heavy (non-hydrogen) atoms. The number of alkyl halides is 3. The zero-order valence-electron chi connectivity index (χ0n) is 15.9. The number of thioether (sulfide) groups is 1. The minimum Gasteiger partial charge on any atom is -0.338 e. The molecule has 3 heterocycles. The van der Waals surface area contributed by atoms with E-state index in [0.717, 1.165) is 16.3 Å². The van der Waals surface area contributed by atoms with Gasteiger partial charge in [-0.3, -0.25) is 19.7 Å². The summed E-state index contributed by atoms with van der Waals surface area (Å²) in [6, 6.07) is 8.64. The van der Waals surface area contributed by atoms with E-state index in [1.54, 1.807) is 12.1 Å². The van der Waals surface area contributed by atoms with Gasteiger partial charge < -0.3 is 4.52 Å². The molecular weight excluding hydrogens is 451 g/mol. The van der Waals surface area contributed by atoms with Crippen LogP contribution in [0.3, 0.4) is 0 Å². The predicted octanol–water partition coefficient (Wildman–Crippen LogP) is 4.15. The highest BCUT2D eigenvalue weighted by atomic mass is 32.2. The number of pyridine rings is 1. The van der Waals surface area contributed by atoms with Crippen molar-refractivity contribution in [3.8, 4) is 22.8 Å². The van der Waals surface area contributed by atoms with E-state index < -0.39 is 17.6 Å². The van der Waals surface area contributed by atoms with Crippen LogP contribution in [-0.4, -0.2) is 41.0 Å². The van der Waals surface area contributed by atoms with Gasteiger partial charge in [-0.05, 0) is 24.3 Å². The third kappa shape index (κ3) is 4.91. The lowest BCUT2D eigenvalue weighted by molar-refractivity contribution is -0.384. The summed E-state index contributed by atoms with van der Waals surface area (Å²) < 4.78 is 45.6. The van der Waals surface area contributed by atoms with Crippen LogP contribution < -0.4 is 0 Å². The summed E-state index contributed by atoms with van der Waals surface area (Å²) in [5, 5.41) is 22.4. The highest BCUT2D eigenvalue weighted by molar-refractivity contribution is 7.98. The van der Waals surface area contributed by atoms with Crippen molar-refractivity contribution in [1.82, 2.24) is 29.9 Å². The maximum Gasteiger partial charge on any atom is 0.406 e. The molecule has 0 bridgehead atoms. The van der Waals surface area contributed by atoms with Gasteiger partial charge in [-0.2, -0.15) is 18.2 Å². The van der Waals surface area contributed by atoms with Crippen LogP contribution in [0.5, 0.6) is 0 Å². The molecule has 164 valence electrons. The van der Waals surface area contributed by atoms with E-state index in [-0.39, 0.29) is 34.1 Å². The summed E-state index contributed by atoms with van der Waals surface area (Å²) in [6.45, 7) is -1.27. The third-order valence-electron chi connectivity index (χ3n) is 4.12. The number of rotatable bonds is 7. The molecule has 0 saturated carbocycles. The van der Waals surface area contributed by atoms with E-state index >= 15 is 0 Å². The Balaban J connectivity index is 1.53. The number of hydrogen-bond acceptors (Lipinski definition) is 9. The van der Waals surface area contributed by atoms with Gasteiger partial charge in [0, 0.05) is 35.7 Å². The molecule has 0 radical (unpaired) electrons. The Morgan fingerprint density at radius 2 is 1.78 bits per heavy atom. The summed E-state index contributed by atoms with van der Waals surface area (Å²) in [5.74, 6) is 0.455. The number of nitrogens with zero attached hydrogens (tertiary/aromatic N) is 7. The van der Waals surface area contributed by atoms with Crippen molar-refractivity contribution in [3.05, 3.63) is 64.8 Å². The minimum absolute atomic E-state index is 0.0317. The molecule has 0 aliphatic heterocycles. The maximum absolute atomic E-state index is 13.1. The molecule has 0 unspecified atom stereocenters. The van der Waals surface area contributed by atoms with Crippen molar-refractivity contribution in [3.63, 3.8) is 0 Å². The lowest BCUT2D eigenvalue weighted by atomic mass is 10.2. The lowest BCUT2D eigenvalue weighted by Crippen LogP contribution is -2.19. The highest BCUT2D eigenvalue weighted by Gasteiger charge is 2.31. The number of halogens is 3. The van der Waals surface area contributed by atoms with E-state index in [9.17, 15) is 23.3 Å². The number of hydrogen-bond donors (Lipinski definition) is 0. The van der Waals surface area contributed by atoms with Crippen LogP contribution in [-0.2, 0) is 12.3 Å². The second-order valence-corrected chi connectivity index (χ2v) is 7.29. The van der Waals surface area contributed by atoms with E-state index in [1.165, 1.54) is 36.7 Å². The maximum atomic E-state index is 13.1. The lowest BCUT2D eigenvalue weighted by Gasteiger charge is -2.12. The van der Waals surface area contributed by atoms with Crippen LogP contribution in [0.1, 0.15) is 5.89 Å². The Labute approximate surface area is 181 Å². The van der Waals surface area contributed by atoms with Gasteiger partial charge in [0.1, 0.15) is 6.54 Å². The van der Waals surface area contributed by atoms with Crippen LogP contribution in [0.2, 0.25) is 0 Å². The molecule has 0 fully saturated rings. The Bertz CT molecular complexity index is 1230. The number of nitro groups is 1. The van der Waals surface area contributed by atoms with Gasteiger partial charge in [0.25, 0.3) is 5.69 Å². The fourth-order valence-electron chi connectivity index (χ4n) is 2.72. The van der Waals surface area contributed by atoms with Crippen molar-refractivity contribution in [2.24, 2.45) is 0 Å². The predicted molar refractivity (Wildman–Crippen MR) is 105 cm³/mol. The molecule has 3 aromatic heterocycles. The Morgan fingerprint density at radius 3 is 2.44 bits per heavy atom. The van der Waals surface area contributed by atoms with Crippen molar-refractivity contribution < 1.29 is 22.6 Å². The molecule has 4 aromatic rings. The Morgan fingerprint density at radius 1 is 1.06 bits per heavy atom. The molecule has 0 spiro atoms. The van der Waals surface area contributed by atoms with Gasteiger partial charge in [-0.1, -0.05) is 16.9 Å². The van der Waals surface area contributed by atoms with Gasteiger partial charge >= 0.3 is 6.18 Å². The van der Waals surface area contributed by atoms with Crippen molar-refractivity contribution in [1.29, 1.82) is 0 Å². The SMILES string of the molecule is O=[N+]([O-])c1ccc(-c2noc(CSc3nnc(-c4ccncc4)n3CC(F)(F)F)n2)cc1. The largest absolute Gasteiger partial charge is 0.406 e. The van der Waals surface area contributed by atoms with E-state index in [1.807, 2.05) is 0 Å². The van der Waals surface area contributed by atoms with Crippen LogP contribution in [0.15, 0.2) is 58.5 Å². The number of nitro benzene ring substituents is 1. The fourth-order valence-corrected chi connectivity index (χ4v) is 3.50. The van der Waals surface area contributed by atoms with Crippen molar-refractivity contribution in [2.75, 3.05) is 0 Å². The standard InChI is InChI=1S/C18H12F3N7O3S/c19-18(20,21)10-27-16(12-5-7-22-8-6-12)24-25-17(27)32-9-14-23-15(26-31-14)11-1-3-13(4-2-11)28(29)30/h1-8H,9-10H2. The van der Waals surface area contributed by atoms with Crippen LogP contribution >= 0.6 is 11.8 Å². The normalized spacial score (nSPS) is 11.6. The molecule has 1 aromatic carbocycles. The van der Waals surface area contributed by atoms with E-state index in [4.69, 9.17) is 4.52 Å². The first-order chi connectivity index (χ1) is 15.3. The zero-order chi connectivity index (χ0) is 22.7. The second-order valence-electron chi connectivity index (χ2n) is 6.35. The van der Waals surface area contributed by atoms with Gasteiger partial charge in [0.2, 0.25) is 11.7 Å². The summed E-state index contributed by atoms with van der Waals surface area (Å²) >= 11 is 0.959. The van der Waals surface area contributed by atoms with Crippen molar-refractivity contribution >= 4 is 17.4 Å². The summed E-state index contributed by atoms with van der Waals surface area (Å²) in [6.07, 6.45) is -1.58. The van der Waals surface area contributed by atoms with Crippen LogP contribution in [0.4, 0.5) is 18.9 Å². The quantitative estimate of drug-likeness (QED) is 0.226. The van der Waals surface area contributed by atoms with Gasteiger partial charge in [-0.15, -0.1) is 10.2 Å². The van der Waals surface area contributed by atoms with Gasteiger partial charge in [0.05, 0.1) is 10.7 Å². The molecule has 0 aliphatic rings. The summed E-state index contributed by atoms with van der Waals surface area (Å²) in [4.78, 5) is 18.3. The first kappa shape index (κ1) is 21.4. The minimum atomic E-state index is -4.48. The molecule has 0 aliphatic carbocycles. The molecule has 0 N–H and O–H groups in total. The van der Waals surface area contributed by atoms with E-state index in [0.29, 0.717) is 11.1 Å². The van der Waals surface area contributed by atoms with Crippen molar-refractivity contribution in [2.45, 2.75) is 23.6 Å². The molecule has 0 amide bonds. The first-order valence-electron chi connectivity index (χ1n) is 8.91. The second kappa shape index (κ2) is 8.74. The van der Waals surface area contributed by atoms with Crippen LogP contribution in [0, 0.1) is 10.1 Å². The van der Waals surface area contributed by atoms with Crippen LogP contribution in [0.25, 0.3) is 22.8 Å². The summed E-state index contributed by atoms with van der Waals surface area (Å²) in [7, 11) is 0. The molecular formula is C18H12F3N7O3S. The van der Waals surface area contributed by atoms with Gasteiger partial charge in [-0.25, -0.2) is 0 Å². The molecule has 0 saturated heterocycles. The zero-order valence-corrected chi connectivity index (χ0v) is 16.7. The summed E-state index contributed by atoms with van der Waals surface area (Å²) in [5.41, 5.74) is 0.861. The average Bonchev–Trinajstić information content (AvgIpc) is 3.39. The fraction of sp³-hybridized carbons (Fsp3) is 0.167. The van der Waals surface area contributed by atoms with Gasteiger partial charge in [0.15, 0.2) is 11.0 Å². The first-order valence-corrected chi connectivity index (χ1v) is 9.89. The molecule has 10 nitrogen and oxygen atoms in total. The number of benzene rings is 1. The van der Waals surface area contributed by atoms with E-state index in [2.05, 4.69) is 25.3 Å². The Hall–Kier alpha value is -3.81. The monoisotopic (exact) mass is 463 g/mol. The molecule has 14 heteroatoms. The number of non-ortho nitro benzene ring substituents is 1. The highest BCUT2D eigenvalue weighted by Crippen LogP contribution is 2.30. The average molecular weight is 463 g/mol.